The Balaban J connectivity index is 1.72. The molecule has 0 atom stereocenters. The maximum absolute atomic E-state index is 14.2. The normalized spacial score (nSPS) is 14.9. The average Bonchev–Trinajstić information content (AvgIpc) is 3.42. The lowest BCUT2D eigenvalue weighted by molar-refractivity contribution is -0.131. The van der Waals surface area contributed by atoms with Gasteiger partial charge in [-0.1, -0.05) is 46.9 Å². The highest BCUT2D eigenvalue weighted by Crippen LogP contribution is 2.48. The fourth-order valence-corrected chi connectivity index (χ4v) is 5.87. The molecule has 2 aromatic carbocycles. The predicted molar refractivity (Wildman–Crippen MR) is 142 cm³/mol. The van der Waals surface area contributed by atoms with Crippen LogP contribution < -0.4 is 0 Å². The maximum atomic E-state index is 14.2. The average molecular weight is 544 g/mol. The van der Waals surface area contributed by atoms with E-state index in [1.165, 1.54) is 6.08 Å². The summed E-state index contributed by atoms with van der Waals surface area (Å²) in [7, 11) is 1.64. The van der Waals surface area contributed by atoms with Crippen LogP contribution in [0.4, 0.5) is 0 Å². The van der Waals surface area contributed by atoms with Crippen molar-refractivity contribution >= 4 is 63.7 Å². The number of nitrogens with one attached hydrogen (secondary N) is 1. The highest BCUT2D eigenvalue weighted by Gasteiger charge is 2.44. The number of ether oxygens (including phenoxy) is 1. The fourth-order valence-electron chi connectivity index (χ4n) is 4.85. The summed E-state index contributed by atoms with van der Waals surface area (Å²) in [6.45, 7) is 0. The molecule has 1 fully saturated rings. The van der Waals surface area contributed by atoms with Gasteiger partial charge in [-0.15, -0.1) is 0 Å². The number of aromatic nitrogens is 2. The number of hydrogen-bond donors (Lipinski definition) is 2. The van der Waals surface area contributed by atoms with E-state index in [2.05, 4.69) is 4.98 Å². The van der Waals surface area contributed by atoms with Crippen molar-refractivity contribution in [2.45, 2.75) is 24.9 Å². The Hall–Kier alpha value is -3.03. The van der Waals surface area contributed by atoms with Gasteiger partial charge in [-0.2, -0.15) is 0 Å². The molecule has 0 saturated heterocycles. The van der Waals surface area contributed by atoms with E-state index in [0.29, 0.717) is 48.5 Å². The number of carbonyl (C=O) groups is 2. The van der Waals surface area contributed by atoms with Crippen LogP contribution in [0.25, 0.3) is 28.1 Å². The van der Waals surface area contributed by atoms with Crippen LogP contribution in [-0.2, 0) is 15.1 Å². The molecular formula is C27H21Cl3N2O4. The molecule has 2 N–H and O–H groups in total. The summed E-state index contributed by atoms with van der Waals surface area (Å²) >= 11 is 19.3. The summed E-state index contributed by atoms with van der Waals surface area (Å²) in [4.78, 5) is 28.5. The second kappa shape index (κ2) is 9.45. The summed E-state index contributed by atoms with van der Waals surface area (Å²) < 4.78 is 7.46. The number of rotatable bonds is 6. The van der Waals surface area contributed by atoms with Crippen LogP contribution in [0.3, 0.4) is 0 Å². The lowest BCUT2D eigenvalue weighted by Gasteiger charge is -2.40. The molecule has 5 rings (SSSR count). The van der Waals surface area contributed by atoms with Crippen LogP contribution >= 0.6 is 34.8 Å². The Bertz CT molecular complexity index is 1520. The third-order valence-electron chi connectivity index (χ3n) is 6.77. The Labute approximate surface area is 222 Å². The van der Waals surface area contributed by atoms with Crippen molar-refractivity contribution in [3.63, 3.8) is 0 Å². The number of aliphatic carboxylic acids is 1. The topological polar surface area (TPSA) is 84.3 Å². The molecule has 0 amide bonds. The van der Waals surface area contributed by atoms with Crippen LogP contribution in [0.1, 0.15) is 40.9 Å². The van der Waals surface area contributed by atoms with E-state index in [1.54, 1.807) is 54.4 Å². The molecule has 2 aromatic heterocycles. The van der Waals surface area contributed by atoms with Crippen molar-refractivity contribution < 1.29 is 19.4 Å². The molecule has 1 aliphatic rings. The highest BCUT2D eigenvalue weighted by atomic mass is 35.5. The monoisotopic (exact) mass is 542 g/mol. The van der Waals surface area contributed by atoms with Crippen molar-refractivity contribution in [3.05, 3.63) is 86.8 Å². The molecule has 0 unspecified atom stereocenters. The number of fused-ring (bicyclic) bond motifs is 1. The van der Waals surface area contributed by atoms with Crippen molar-refractivity contribution in [1.29, 1.82) is 0 Å². The number of methoxy groups -OCH3 is 1. The molecule has 1 saturated carbocycles. The van der Waals surface area contributed by atoms with E-state index >= 15 is 0 Å². The van der Waals surface area contributed by atoms with Gasteiger partial charge in [0, 0.05) is 47.1 Å². The SMILES string of the molecule is COC1(c2[nH]cc(-c3c(Cl)cc(Cl)cc3Cl)c2C(=O)n2ccc3c(/C=C/C(=O)O)cccc32)CCC1. The van der Waals surface area contributed by atoms with E-state index in [0.717, 1.165) is 30.7 Å². The van der Waals surface area contributed by atoms with Gasteiger partial charge in [0.2, 0.25) is 0 Å². The molecule has 0 aliphatic heterocycles. The van der Waals surface area contributed by atoms with E-state index in [1.807, 2.05) is 6.07 Å². The molecule has 2 heterocycles. The Morgan fingerprint density at radius 2 is 1.86 bits per heavy atom. The zero-order valence-corrected chi connectivity index (χ0v) is 21.4. The number of aromatic amines is 1. The molecule has 36 heavy (non-hydrogen) atoms. The minimum Gasteiger partial charge on any atom is -0.478 e. The van der Waals surface area contributed by atoms with Gasteiger partial charge in [0.15, 0.2) is 0 Å². The van der Waals surface area contributed by atoms with Gasteiger partial charge < -0.3 is 14.8 Å². The van der Waals surface area contributed by atoms with Crippen LogP contribution in [-0.4, -0.2) is 33.6 Å². The minimum atomic E-state index is -1.05. The van der Waals surface area contributed by atoms with E-state index in [-0.39, 0.29) is 5.91 Å². The molecule has 0 radical (unpaired) electrons. The van der Waals surface area contributed by atoms with Crippen LogP contribution in [0, 0.1) is 0 Å². The Morgan fingerprint density at radius 1 is 1.14 bits per heavy atom. The molecular weight excluding hydrogens is 523 g/mol. The molecule has 4 aromatic rings. The molecule has 0 spiro atoms. The lowest BCUT2D eigenvalue weighted by atomic mass is 9.75. The number of carbonyl (C=O) groups excluding carboxylic acids is 1. The number of carboxylic acid groups (broad SMARTS) is 1. The van der Waals surface area contributed by atoms with Gasteiger partial charge >= 0.3 is 5.97 Å². The van der Waals surface area contributed by atoms with Crippen molar-refractivity contribution in [1.82, 2.24) is 9.55 Å². The van der Waals surface area contributed by atoms with Crippen molar-refractivity contribution in [3.8, 4) is 11.1 Å². The lowest BCUT2D eigenvalue weighted by Crippen LogP contribution is -2.38. The molecule has 1 aliphatic carbocycles. The van der Waals surface area contributed by atoms with Crippen molar-refractivity contribution in [2.75, 3.05) is 7.11 Å². The number of benzene rings is 2. The number of carboxylic acids is 1. The van der Waals surface area contributed by atoms with Crippen molar-refractivity contribution in [2.24, 2.45) is 0 Å². The summed E-state index contributed by atoms with van der Waals surface area (Å²) in [6, 6.07) is 10.4. The van der Waals surface area contributed by atoms with Gasteiger partial charge in [-0.25, -0.2) is 4.79 Å². The van der Waals surface area contributed by atoms with Crippen LogP contribution in [0.15, 0.2) is 54.9 Å². The van der Waals surface area contributed by atoms with Gasteiger partial charge in [0.25, 0.3) is 5.91 Å². The second-order valence-electron chi connectivity index (χ2n) is 8.69. The first-order valence-electron chi connectivity index (χ1n) is 11.2. The second-order valence-corrected chi connectivity index (χ2v) is 9.94. The first kappa shape index (κ1) is 24.7. The first-order chi connectivity index (χ1) is 17.3. The molecule has 184 valence electrons. The summed E-state index contributed by atoms with van der Waals surface area (Å²) in [5.41, 5.74) is 2.84. The van der Waals surface area contributed by atoms with Gasteiger partial charge in [0.1, 0.15) is 5.60 Å². The Kier molecular flexibility index (Phi) is 6.47. The number of halogens is 3. The standard InChI is InChI=1S/C27H21Cl3N2O4/c1-36-27(9-3-10-27)25-24(18(14-31-25)23-19(29)12-16(28)13-20(23)30)26(35)32-11-8-17-15(6-7-22(33)34)4-2-5-21(17)32/h2,4-8,11-14,31H,3,9-10H2,1H3,(H,33,34)/b7-6+. The van der Waals surface area contributed by atoms with Gasteiger partial charge in [0.05, 0.1) is 26.8 Å². The van der Waals surface area contributed by atoms with E-state index in [4.69, 9.17) is 44.6 Å². The van der Waals surface area contributed by atoms with Crippen LogP contribution in [0.5, 0.6) is 0 Å². The highest BCUT2D eigenvalue weighted by molar-refractivity contribution is 6.42. The maximum Gasteiger partial charge on any atom is 0.328 e. The zero-order valence-electron chi connectivity index (χ0n) is 19.1. The third-order valence-corrected chi connectivity index (χ3v) is 7.58. The molecule has 6 nitrogen and oxygen atoms in total. The number of hydrogen-bond acceptors (Lipinski definition) is 3. The van der Waals surface area contributed by atoms with Gasteiger partial charge in [-0.3, -0.25) is 9.36 Å². The fraction of sp³-hybridized carbons (Fsp3) is 0.185. The predicted octanol–water partition coefficient (Wildman–Crippen LogP) is 7.41. The molecule has 9 heteroatoms. The number of H-pyrrole nitrogens is 1. The first-order valence-corrected chi connectivity index (χ1v) is 12.4. The quantitative estimate of drug-likeness (QED) is 0.248. The van der Waals surface area contributed by atoms with Gasteiger partial charge in [-0.05, 0) is 55.2 Å². The summed E-state index contributed by atoms with van der Waals surface area (Å²) in [5, 5.41) is 10.8. The summed E-state index contributed by atoms with van der Waals surface area (Å²) in [6.07, 6.45) is 8.50. The minimum absolute atomic E-state index is 0.291. The Morgan fingerprint density at radius 3 is 2.47 bits per heavy atom. The summed E-state index contributed by atoms with van der Waals surface area (Å²) in [5.74, 6) is -1.34. The smallest absolute Gasteiger partial charge is 0.328 e. The van der Waals surface area contributed by atoms with E-state index < -0.39 is 11.6 Å². The van der Waals surface area contributed by atoms with E-state index in [9.17, 15) is 9.59 Å². The molecule has 0 bridgehead atoms. The third kappa shape index (κ3) is 4.04. The van der Waals surface area contributed by atoms with Crippen LogP contribution in [0.2, 0.25) is 15.1 Å². The zero-order chi connectivity index (χ0) is 25.6. The largest absolute Gasteiger partial charge is 0.478 e. The number of nitrogens with zero attached hydrogens (tertiary/aromatic N) is 1.